The predicted molar refractivity (Wildman–Crippen MR) is 75.1 cm³/mol. The summed E-state index contributed by atoms with van der Waals surface area (Å²) in [4.78, 5) is 23.8. The van der Waals surface area contributed by atoms with E-state index in [4.69, 9.17) is 15.2 Å². The van der Waals surface area contributed by atoms with Gasteiger partial charge in [0.1, 0.15) is 11.4 Å². The summed E-state index contributed by atoms with van der Waals surface area (Å²) in [5, 5.41) is 3.19. The quantitative estimate of drug-likeness (QED) is 0.837. The molecule has 1 unspecified atom stereocenters. The predicted octanol–water partition coefficient (Wildman–Crippen LogP) is 0.384. The van der Waals surface area contributed by atoms with E-state index in [2.05, 4.69) is 5.32 Å². The van der Waals surface area contributed by atoms with E-state index in [1.807, 2.05) is 0 Å². The van der Waals surface area contributed by atoms with Crippen molar-refractivity contribution in [3.63, 3.8) is 0 Å². The maximum absolute atomic E-state index is 12.5. The minimum atomic E-state index is -0.682. The summed E-state index contributed by atoms with van der Waals surface area (Å²) < 4.78 is 11.2. The van der Waals surface area contributed by atoms with Crippen molar-refractivity contribution in [3.05, 3.63) is 29.3 Å². The number of rotatable bonds is 4. The Kier molecular flexibility index (Phi) is 3.43. The molecule has 1 aliphatic heterocycles. The largest absolute Gasteiger partial charge is 0.481 e. The second kappa shape index (κ2) is 5.13. The molecule has 3 N–H and O–H groups in total. The number of nitrogens with one attached hydrogen (secondary N) is 1. The summed E-state index contributed by atoms with van der Waals surface area (Å²) in [6.07, 6.45) is 0.851. The molecule has 0 saturated heterocycles. The first-order valence-electron chi connectivity index (χ1n) is 6.95. The highest BCUT2D eigenvalue weighted by Crippen LogP contribution is 2.41. The number of ketones is 1. The molecular formula is C15H18N2O4. The maximum atomic E-state index is 12.5. The molecule has 6 heteroatoms. The second-order valence-corrected chi connectivity index (χ2v) is 5.49. The second-order valence-electron chi connectivity index (χ2n) is 5.49. The van der Waals surface area contributed by atoms with Crippen LogP contribution >= 0.6 is 0 Å². The van der Waals surface area contributed by atoms with Gasteiger partial charge >= 0.3 is 0 Å². The van der Waals surface area contributed by atoms with E-state index >= 15 is 0 Å². The molecule has 1 atom stereocenters. The van der Waals surface area contributed by atoms with E-state index in [1.165, 1.54) is 0 Å². The lowest BCUT2D eigenvalue weighted by atomic mass is 10.1. The summed E-state index contributed by atoms with van der Waals surface area (Å²) >= 11 is 0. The van der Waals surface area contributed by atoms with Crippen LogP contribution in [0.3, 0.4) is 0 Å². The summed E-state index contributed by atoms with van der Waals surface area (Å²) in [5.41, 5.74) is 5.87. The Morgan fingerprint density at radius 1 is 1.43 bits per heavy atom. The van der Waals surface area contributed by atoms with Crippen molar-refractivity contribution < 1.29 is 19.1 Å². The summed E-state index contributed by atoms with van der Waals surface area (Å²) in [6, 6.07) is 5.04. The highest BCUT2D eigenvalue weighted by molar-refractivity contribution is 5.95. The van der Waals surface area contributed by atoms with Crippen LogP contribution in [0.15, 0.2) is 18.2 Å². The molecule has 0 radical (unpaired) electrons. The van der Waals surface area contributed by atoms with Crippen molar-refractivity contribution in [1.29, 1.82) is 0 Å². The number of hydrogen-bond donors (Lipinski definition) is 2. The zero-order chi connectivity index (χ0) is 15.0. The van der Waals surface area contributed by atoms with Gasteiger partial charge in [0.25, 0.3) is 0 Å². The monoisotopic (exact) mass is 290 g/mol. The van der Waals surface area contributed by atoms with Crippen molar-refractivity contribution >= 4 is 11.7 Å². The Hall–Kier alpha value is -1.92. The Labute approximate surface area is 122 Å². The highest BCUT2D eigenvalue weighted by atomic mass is 16.5. The smallest absolute Gasteiger partial charge is 0.248 e. The van der Waals surface area contributed by atoms with Gasteiger partial charge in [-0.05, 0) is 25.0 Å². The van der Waals surface area contributed by atoms with Crippen molar-refractivity contribution in [3.8, 4) is 5.75 Å². The van der Waals surface area contributed by atoms with Gasteiger partial charge in [-0.1, -0.05) is 6.07 Å². The molecular weight excluding hydrogens is 272 g/mol. The molecule has 1 heterocycles. The zero-order valence-electron chi connectivity index (χ0n) is 11.8. The van der Waals surface area contributed by atoms with Gasteiger partial charge in [0.15, 0.2) is 6.10 Å². The number of primary amides is 1. The molecule has 112 valence electrons. The van der Waals surface area contributed by atoms with Gasteiger partial charge in [0.2, 0.25) is 11.7 Å². The Morgan fingerprint density at radius 2 is 2.19 bits per heavy atom. The molecule has 1 fully saturated rings. The summed E-state index contributed by atoms with van der Waals surface area (Å²) in [5.74, 6) is -0.0339. The SMILES string of the molecule is COC1(C(=O)C2CNCc3ccc(C(N)=O)cc3O2)CC1. The molecule has 21 heavy (non-hydrogen) atoms. The molecule has 1 aromatic carbocycles. The van der Waals surface area contributed by atoms with Gasteiger partial charge in [-0.3, -0.25) is 9.59 Å². The van der Waals surface area contributed by atoms with Gasteiger partial charge in [-0.25, -0.2) is 0 Å². The molecule has 1 saturated carbocycles. The Balaban J connectivity index is 1.86. The Morgan fingerprint density at radius 3 is 2.81 bits per heavy atom. The van der Waals surface area contributed by atoms with Crippen LogP contribution in [0.5, 0.6) is 5.75 Å². The van der Waals surface area contributed by atoms with E-state index < -0.39 is 17.6 Å². The van der Waals surface area contributed by atoms with Gasteiger partial charge in [-0.2, -0.15) is 0 Å². The lowest BCUT2D eigenvalue weighted by Crippen LogP contribution is -2.43. The van der Waals surface area contributed by atoms with Crippen LogP contribution in [0.1, 0.15) is 28.8 Å². The normalized spacial score (nSPS) is 22.6. The number of ether oxygens (including phenoxy) is 2. The van der Waals surface area contributed by atoms with Crippen LogP contribution in [0.4, 0.5) is 0 Å². The number of methoxy groups -OCH3 is 1. The van der Waals surface area contributed by atoms with Gasteiger partial charge < -0.3 is 20.5 Å². The number of hydrogen-bond acceptors (Lipinski definition) is 5. The topological polar surface area (TPSA) is 90.6 Å². The van der Waals surface area contributed by atoms with E-state index in [9.17, 15) is 9.59 Å². The van der Waals surface area contributed by atoms with Crippen LogP contribution < -0.4 is 15.8 Å². The third kappa shape index (κ3) is 2.52. The molecule has 0 aromatic heterocycles. The minimum Gasteiger partial charge on any atom is -0.481 e. The standard InChI is InChI=1S/C15H18N2O4/c1-20-15(4-5-15)13(18)12-8-17-7-10-3-2-9(14(16)19)6-11(10)21-12/h2-3,6,12,17H,4-5,7-8H2,1H3,(H2,16,19). The fourth-order valence-electron chi connectivity index (χ4n) is 2.60. The van der Waals surface area contributed by atoms with Crippen molar-refractivity contribution in [2.24, 2.45) is 5.73 Å². The van der Waals surface area contributed by atoms with E-state index in [1.54, 1.807) is 25.3 Å². The number of amides is 1. The zero-order valence-corrected chi connectivity index (χ0v) is 11.8. The molecule has 1 aliphatic carbocycles. The third-order valence-corrected chi connectivity index (χ3v) is 4.10. The molecule has 0 spiro atoms. The highest BCUT2D eigenvalue weighted by Gasteiger charge is 2.53. The molecule has 6 nitrogen and oxygen atoms in total. The van der Waals surface area contributed by atoms with Crippen LogP contribution in [0, 0.1) is 0 Å². The van der Waals surface area contributed by atoms with Crippen LogP contribution in [0.2, 0.25) is 0 Å². The average molecular weight is 290 g/mol. The number of nitrogens with two attached hydrogens (primary N) is 1. The first-order valence-corrected chi connectivity index (χ1v) is 6.95. The minimum absolute atomic E-state index is 0.0465. The lowest BCUT2D eigenvalue weighted by molar-refractivity contribution is -0.138. The van der Waals surface area contributed by atoms with E-state index in [-0.39, 0.29) is 5.78 Å². The van der Waals surface area contributed by atoms with Crippen LogP contribution in [0.25, 0.3) is 0 Å². The lowest BCUT2D eigenvalue weighted by Gasteiger charge is -2.21. The first kappa shape index (κ1) is 14.0. The van der Waals surface area contributed by atoms with Crippen LogP contribution in [-0.4, -0.2) is 37.0 Å². The molecule has 1 amide bonds. The van der Waals surface area contributed by atoms with Gasteiger partial charge in [-0.15, -0.1) is 0 Å². The average Bonchev–Trinajstić information content (AvgIpc) is 3.29. The van der Waals surface area contributed by atoms with Gasteiger partial charge in [0, 0.05) is 31.3 Å². The number of benzene rings is 1. The van der Waals surface area contributed by atoms with Crippen molar-refractivity contribution in [2.45, 2.75) is 31.1 Å². The Bertz CT molecular complexity index is 595. The molecule has 2 aliphatic rings. The van der Waals surface area contributed by atoms with Crippen molar-refractivity contribution in [2.75, 3.05) is 13.7 Å². The van der Waals surface area contributed by atoms with Crippen molar-refractivity contribution in [1.82, 2.24) is 5.32 Å². The third-order valence-electron chi connectivity index (χ3n) is 4.10. The van der Waals surface area contributed by atoms with E-state index in [0.717, 1.165) is 18.4 Å². The number of Topliss-reactive ketones (excluding diaryl/α,β-unsaturated/α-hetero) is 1. The van der Waals surface area contributed by atoms with Gasteiger partial charge in [0.05, 0.1) is 0 Å². The van der Waals surface area contributed by atoms with E-state index in [0.29, 0.717) is 24.4 Å². The first-order chi connectivity index (χ1) is 10.1. The summed E-state index contributed by atoms with van der Waals surface area (Å²) in [7, 11) is 1.55. The fourth-order valence-corrected chi connectivity index (χ4v) is 2.60. The molecule has 3 rings (SSSR count). The molecule has 1 aromatic rings. The number of fused-ring (bicyclic) bond motifs is 1. The summed E-state index contributed by atoms with van der Waals surface area (Å²) in [6.45, 7) is 1.00. The maximum Gasteiger partial charge on any atom is 0.248 e. The van der Waals surface area contributed by atoms with Crippen LogP contribution in [-0.2, 0) is 16.1 Å². The fraction of sp³-hybridized carbons (Fsp3) is 0.467. The number of carbonyl (C=O) groups excluding carboxylic acids is 2. The number of carbonyl (C=O) groups is 2. The molecule has 0 bridgehead atoms.